The normalized spacial score (nSPS) is 9.85. The zero-order chi connectivity index (χ0) is 14.5. The molecule has 7 nitrogen and oxygen atoms in total. The molecular weight excluding hydrogens is 280 g/mol. The number of benzene rings is 1. The van der Waals surface area contributed by atoms with Crippen LogP contribution in [0.15, 0.2) is 24.3 Å². The molecule has 2 N–H and O–H groups in total. The molecule has 102 valence electrons. The van der Waals surface area contributed by atoms with E-state index in [1.807, 2.05) is 0 Å². The monoisotopic (exact) mass is 290 g/mol. The molecule has 0 bridgehead atoms. The Morgan fingerprint density at radius 1 is 1.25 bits per heavy atom. The first-order valence-corrected chi connectivity index (χ1v) is 6.34. The Kier molecular flexibility index (Phi) is 4.16. The summed E-state index contributed by atoms with van der Waals surface area (Å²) in [6, 6.07) is 5.57. The van der Waals surface area contributed by atoms with Crippen molar-refractivity contribution in [1.29, 1.82) is 0 Å². The largest absolute Gasteiger partial charge is 0.326 e. The van der Waals surface area contributed by atoms with Gasteiger partial charge >= 0.3 is 6.03 Å². The van der Waals surface area contributed by atoms with E-state index in [0.29, 0.717) is 23.2 Å². The molecule has 1 heterocycles. The van der Waals surface area contributed by atoms with Crippen LogP contribution in [0, 0.1) is 6.92 Å². The van der Waals surface area contributed by atoms with E-state index in [4.69, 9.17) is 0 Å². The van der Waals surface area contributed by atoms with Crippen LogP contribution in [-0.2, 0) is 0 Å². The molecule has 1 aromatic heterocycles. The highest BCUT2D eigenvalue weighted by atomic mass is 32.1. The Hall–Kier alpha value is -2.61. The second-order valence-corrected chi connectivity index (χ2v) is 4.59. The maximum Gasteiger partial charge on any atom is 0.326 e. The fourth-order valence-electron chi connectivity index (χ4n) is 1.41. The van der Waals surface area contributed by atoms with Gasteiger partial charge < -0.3 is 5.32 Å². The Morgan fingerprint density at radius 2 is 1.95 bits per heavy atom. The van der Waals surface area contributed by atoms with Gasteiger partial charge in [-0.25, -0.2) is 4.79 Å². The average molecular weight is 290 g/mol. The topological polar surface area (TPSA) is 101 Å². The van der Waals surface area contributed by atoms with Crippen LogP contribution in [0.2, 0.25) is 0 Å². The quantitative estimate of drug-likeness (QED) is 0.836. The van der Waals surface area contributed by atoms with Crippen molar-refractivity contribution >= 4 is 35.4 Å². The van der Waals surface area contributed by atoms with E-state index in [2.05, 4.69) is 20.2 Å². The number of carbonyl (C=O) groups excluding carboxylic acids is 3. The number of aldehydes is 1. The SMILES string of the molecule is Cc1nnsc1C(=O)NC(=O)Nc1ccc(C=O)cc1. The lowest BCUT2D eigenvalue weighted by Crippen LogP contribution is -2.34. The van der Waals surface area contributed by atoms with Gasteiger partial charge in [-0.05, 0) is 42.7 Å². The van der Waals surface area contributed by atoms with Gasteiger partial charge in [-0.15, -0.1) is 5.10 Å². The zero-order valence-corrected chi connectivity index (χ0v) is 11.2. The van der Waals surface area contributed by atoms with Crippen molar-refractivity contribution in [3.63, 3.8) is 0 Å². The summed E-state index contributed by atoms with van der Waals surface area (Å²) in [5, 5.41) is 8.35. The lowest BCUT2D eigenvalue weighted by atomic mass is 10.2. The molecule has 0 saturated heterocycles. The molecule has 0 spiro atoms. The fraction of sp³-hybridized carbons (Fsp3) is 0.0833. The lowest BCUT2D eigenvalue weighted by molar-refractivity contribution is 0.0970. The predicted molar refractivity (Wildman–Crippen MR) is 73.0 cm³/mol. The van der Waals surface area contributed by atoms with E-state index in [1.165, 1.54) is 0 Å². The van der Waals surface area contributed by atoms with Gasteiger partial charge in [-0.3, -0.25) is 14.9 Å². The highest BCUT2D eigenvalue weighted by molar-refractivity contribution is 7.08. The van der Waals surface area contributed by atoms with Crippen LogP contribution in [-0.4, -0.2) is 27.8 Å². The zero-order valence-electron chi connectivity index (χ0n) is 10.4. The summed E-state index contributed by atoms with van der Waals surface area (Å²) in [6.45, 7) is 1.63. The maximum atomic E-state index is 11.7. The van der Waals surface area contributed by atoms with Crippen LogP contribution in [0.3, 0.4) is 0 Å². The molecule has 1 aromatic carbocycles. The van der Waals surface area contributed by atoms with Crippen molar-refractivity contribution in [1.82, 2.24) is 14.9 Å². The molecule has 0 aliphatic rings. The van der Waals surface area contributed by atoms with Gasteiger partial charge in [-0.1, -0.05) is 4.49 Å². The van der Waals surface area contributed by atoms with Gasteiger partial charge in [0.2, 0.25) is 0 Å². The van der Waals surface area contributed by atoms with Crippen LogP contribution in [0.25, 0.3) is 0 Å². The van der Waals surface area contributed by atoms with Gasteiger partial charge in [0.25, 0.3) is 5.91 Å². The van der Waals surface area contributed by atoms with Crippen molar-refractivity contribution in [2.75, 3.05) is 5.32 Å². The van der Waals surface area contributed by atoms with E-state index in [1.54, 1.807) is 31.2 Å². The lowest BCUT2D eigenvalue weighted by Gasteiger charge is -2.05. The molecule has 8 heteroatoms. The molecule has 2 aromatic rings. The first-order chi connectivity index (χ1) is 9.60. The number of rotatable bonds is 3. The molecule has 3 amide bonds. The Bertz CT molecular complexity index is 651. The standard InChI is InChI=1S/C12H10N4O3S/c1-7-10(20-16-15-7)11(18)14-12(19)13-9-4-2-8(6-17)3-5-9/h2-6H,1H3,(H2,13,14,18,19). The summed E-state index contributed by atoms with van der Waals surface area (Å²) in [7, 11) is 0. The molecule has 0 saturated carbocycles. The summed E-state index contributed by atoms with van der Waals surface area (Å²) in [4.78, 5) is 34.2. The highest BCUT2D eigenvalue weighted by Crippen LogP contribution is 2.10. The Balaban J connectivity index is 1.96. The van der Waals surface area contributed by atoms with E-state index in [-0.39, 0.29) is 4.88 Å². The molecule has 0 aliphatic heterocycles. The van der Waals surface area contributed by atoms with E-state index >= 15 is 0 Å². The van der Waals surface area contributed by atoms with Crippen LogP contribution in [0.5, 0.6) is 0 Å². The van der Waals surface area contributed by atoms with E-state index in [0.717, 1.165) is 11.5 Å². The van der Waals surface area contributed by atoms with Gasteiger partial charge in [0, 0.05) is 11.3 Å². The third kappa shape index (κ3) is 3.23. The summed E-state index contributed by atoms with van der Waals surface area (Å²) >= 11 is 0.919. The molecule has 0 atom stereocenters. The number of imide groups is 1. The average Bonchev–Trinajstić information content (AvgIpc) is 2.86. The van der Waals surface area contributed by atoms with Crippen molar-refractivity contribution in [3.05, 3.63) is 40.4 Å². The Morgan fingerprint density at radius 3 is 2.50 bits per heavy atom. The fourth-order valence-corrected chi connectivity index (χ4v) is 1.96. The number of aryl methyl sites for hydroxylation is 1. The first-order valence-electron chi connectivity index (χ1n) is 5.56. The molecular formula is C12H10N4O3S. The maximum absolute atomic E-state index is 11.7. The van der Waals surface area contributed by atoms with Gasteiger partial charge in [-0.2, -0.15) is 0 Å². The van der Waals surface area contributed by atoms with Crippen LogP contribution in [0.1, 0.15) is 25.7 Å². The first kappa shape index (κ1) is 13.8. The predicted octanol–water partition coefficient (Wildman–Crippen LogP) is 1.62. The Labute approximate surface area is 118 Å². The number of carbonyl (C=O) groups is 3. The van der Waals surface area contributed by atoms with Crippen molar-refractivity contribution in [2.24, 2.45) is 0 Å². The van der Waals surface area contributed by atoms with Crippen LogP contribution >= 0.6 is 11.5 Å². The summed E-state index contributed by atoms with van der Waals surface area (Å²) < 4.78 is 3.62. The number of hydrogen-bond donors (Lipinski definition) is 2. The number of hydrogen-bond acceptors (Lipinski definition) is 6. The minimum atomic E-state index is -0.665. The van der Waals surface area contributed by atoms with Crippen LogP contribution in [0.4, 0.5) is 10.5 Å². The number of urea groups is 1. The summed E-state index contributed by atoms with van der Waals surface area (Å²) in [6.07, 6.45) is 0.701. The third-order valence-corrected chi connectivity index (χ3v) is 3.22. The second-order valence-electron chi connectivity index (χ2n) is 3.84. The van der Waals surface area contributed by atoms with Gasteiger partial charge in [0.1, 0.15) is 11.2 Å². The third-order valence-electron chi connectivity index (χ3n) is 2.39. The molecule has 2 rings (SSSR count). The van der Waals surface area contributed by atoms with E-state index in [9.17, 15) is 14.4 Å². The minimum absolute atomic E-state index is 0.288. The van der Waals surface area contributed by atoms with Gasteiger partial charge in [0.15, 0.2) is 0 Å². The summed E-state index contributed by atoms with van der Waals surface area (Å²) in [5.41, 5.74) is 1.44. The molecule has 0 fully saturated rings. The van der Waals surface area contributed by atoms with Crippen LogP contribution < -0.4 is 10.6 Å². The number of aromatic nitrogens is 2. The highest BCUT2D eigenvalue weighted by Gasteiger charge is 2.15. The molecule has 0 radical (unpaired) electrons. The van der Waals surface area contributed by atoms with E-state index < -0.39 is 11.9 Å². The van der Waals surface area contributed by atoms with Crippen molar-refractivity contribution in [2.45, 2.75) is 6.92 Å². The number of nitrogens with zero attached hydrogens (tertiary/aromatic N) is 2. The molecule has 0 aliphatic carbocycles. The number of anilines is 1. The number of amides is 3. The van der Waals surface area contributed by atoms with Crippen molar-refractivity contribution < 1.29 is 14.4 Å². The minimum Gasteiger partial charge on any atom is -0.308 e. The van der Waals surface area contributed by atoms with Gasteiger partial charge in [0.05, 0.1) is 5.69 Å². The molecule has 0 unspecified atom stereocenters. The summed E-state index contributed by atoms with van der Waals surface area (Å²) in [5.74, 6) is -0.556. The molecule has 20 heavy (non-hydrogen) atoms. The second kappa shape index (κ2) is 6.02. The number of nitrogens with one attached hydrogen (secondary N) is 2. The van der Waals surface area contributed by atoms with Crippen molar-refractivity contribution in [3.8, 4) is 0 Å². The smallest absolute Gasteiger partial charge is 0.308 e.